The topological polar surface area (TPSA) is 238 Å². The summed E-state index contributed by atoms with van der Waals surface area (Å²) < 4.78 is 62.9. The molecule has 0 saturated carbocycles. The molecule has 0 spiro atoms. The third-order valence-corrected chi connectivity index (χ3v) is 9.52. The average Bonchev–Trinajstić information content (AvgIpc) is 3.12. The average molecular weight is 773 g/mol. The van der Waals surface area contributed by atoms with Gasteiger partial charge in [0.15, 0.2) is 17.9 Å². The van der Waals surface area contributed by atoms with Gasteiger partial charge in [0, 0.05) is 60.6 Å². The van der Waals surface area contributed by atoms with Crippen LogP contribution in [0.2, 0.25) is 0 Å². The zero-order valence-electron chi connectivity index (χ0n) is 28.7. The second-order valence-corrected chi connectivity index (χ2v) is 13.3. The number of ketones is 2. The van der Waals surface area contributed by atoms with Crippen molar-refractivity contribution in [1.29, 1.82) is 0 Å². The molecule has 55 heavy (non-hydrogen) atoms. The van der Waals surface area contributed by atoms with E-state index in [1.807, 2.05) is 0 Å². The minimum Gasteiger partial charge on any atom is -0.507 e. The summed E-state index contributed by atoms with van der Waals surface area (Å²) in [6.45, 7) is 1.66. The molecular weight excluding hydrogens is 741 g/mol. The monoisotopic (exact) mass is 772 g/mol. The number of phenols is 2. The van der Waals surface area contributed by atoms with Gasteiger partial charge in [0.2, 0.25) is 0 Å². The summed E-state index contributed by atoms with van der Waals surface area (Å²) in [4.78, 5) is 74.4. The number of nitro benzene ring substituents is 1. The number of phenolic OH excluding ortho intramolecular Hbond substituents is 2. The Morgan fingerprint density at radius 3 is 2.18 bits per heavy atom. The molecule has 6 atom stereocenters. The molecule has 0 aromatic heterocycles. The second kappa shape index (κ2) is 14.4. The summed E-state index contributed by atoms with van der Waals surface area (Å²) in [6, 6.07) is 8.12. The van der Waals surface area contributed by atoms with Gasteiger partial charge in [0.25, 0.3) is 5.69 Å². The van der Waals surface area contributed by atoms with E-state index in [1.54, 1.807) is 5.32 Å². The molecule has 6 rings (SSSR count). The van der Waals surface area contributed by atoms with Crippen molar-refractivity contribution in [2.24, 2.45) is 0 Å². The molecule has 4 N–H and O–H groups in total. The van der Waals surface area contributed by atoms with Crippen LogP contribution in [0.15, 0.2) is 48.5 Å². The van der Waals surface area contributed by atoms with E-state index in [9.17, 15) is 62.6 Å². The molecule has 1 fully saturated rings. The van der Waals surface area contributed by atoms with Crippen molar-refractivity contribution in [1.82, 2.24) is 5.32 Å². The SMILES string of the molecule is CC(=O)OCC1(O)Cc2c(O)c3c(c(O)c2[C@@H](O[C@H]2C[C@H](NC(=O)C(F)(F)F)[C@@H](OC(=O)c4ccc([N+](=O)[O-])cc4)[C@@H](C)O2)C1)C(=O)c1ccccc1C3=O. The number of nitro groups is 1. The third-order valence-electron chi connectivity index (χ3n) is 9.52. The molecule has 3 aliphatic rings. The van der Waals surface area contributed by atoms with E-state index >= 15 is 0 Å². The first-order valence-corrected chi connectivity index (χ1v) is 16.6. The molecule has 1 saturated heterocycles. The lowest BCUT2D eigenvalue weighted by Crippen LogP contribution is -2.58. The lowest BCUT2D eigenvalue weighted by molar-refractivity contribution is -0.384. The van der Waals surface area contributed by atoms with Gasteiger partial charge in [-0.2, -0.15) is 13.2 Å². The number of fused-ring (bicyclic) bond motifs is 3. The Morgan fingerprint density at radius 1 is 1.02 bits per heavy atom. The molecule has 1 heterocycles. The minimum absolute atomic E-state index is 0.0613. The summed E-state index contributed by atoms with van der Waals surface area (Å²) in [7, 11) is 0. The van der Waals surface area contributed by atoms with E-state index < -0.39 is 125 Å². The van der Waals surface area contributed by atoms with Crippen molar-refractivity contribution in [3.05, 3.63) is 97.6 Å². The van der Waals surface area contributed by atoms with Gasteiger partial charge in [-0.25, -0.2) is 4.79 Å². The van der Waals surface area contributed by atoms with Crippen molar-refractivity contribution >= 4 is 35.1 Å². The highest BCUT2D eigenvalue weighted by Gasteiger charge is 2.50. The third kappa shape index (κ3) is 7.45. The Hall–Kier alpha value is -5.92. The van der Waals surface area contributed by atoms with Gasteiger partial charge in [0.05, 0.1) is 39.9 Å². The number of carbonyl (C=O) groups is 5. The second-order valence-electron chi connectivity index (χ2n) is 13.3. The number of nitrogens with zero attached hydrogens (tertiary/aromatic N) is 1. The van der Waals surface area contributed by atoms with Gasteiger partial charge in [-0.3, -0.25) is 29.3 Å². The number of ether oxygens (including phenoxy) is 4. The van der Waals surface area contributed by atoms with Crippen LogP contribution >= 0.6 is 0 Å². The number of aromatic hydroxyl groups is 2. The number of aliphatic hydroxyl groups is 1. The highest BCUT2D eigenvalue weighted by atomic mass is 19.4. The highest BCUT2D eigenvalue weighted by molar-refractivity contribution is 6.30. The van der Waals surface area contributed by atoms with Crippen LogP contribution in [-0.2, 0) is 35.0 Å². The van der Waals surface area contributed by atoms with E-state index in [2.05, 4.69) is 0 Å². The maximum absolute atomic E-state index is 13.7. The number of hydrogen-bond acceptors (Lipinski definition) is 14. The summed E-state index contributed by atoms with van der Waals surface area (Å²) in [5.74, 6) is -7.53. The van der Waals surface area contributed by atoms with Gasteiger partial charge in [0.1, 0.15) is 29.8 Å². The number of rotatable bonds is 8. The molecule has 3 aromatic rings. The standard InChI is InChI=1S/C36H31F3N2O14/c1-15-32(55-33(47)17-7-9-18(10-8-17)41(50)51)22(40-34(48)36(37,38)39)11-24(53-15)54-23-13-35(49,14-52-16(2)42)12-21-25(23)31(46)27-26(30(21)45)28(43)19-5-3-4-6-20(19)29(27)44/h3-10,15,22-24,32,45-46,49H,11-14H2,1-2H3,(H,40,48)/t15-,22+,23+,24+,32+,35?/m1/s1. The molecule has 1 amide bonds. The quantitative estimate of drug-likeness (QED) is 0.0869. The lowest BCUT2D eigenvalue weighted by Gasteiger charge is -2.44. The number of non-ortho nitro benzene ring substituents is 1. The maximum atomic E-state index is 13.7. The molecule has 1 unspecified atom stereocenters. The summed E-state index contributed by atoms with van der Waals surface area (Å²) in [6.07, 6.45) is -13.2. The van der Waals surface area contributed by atoms with Crippen LogP contribution in [-0.4, -0.2) is 92.6 Å². The Kier molecular flexibility index (Phi) is 10.1. The highest BCUT2D eigenvalue weighted by Crippen LogP contribution is 2.52. The minimum atomic E-state index is -5.38. The fourth-order valence-electron chi connectivity index (χ4n) is 7.01. The molecule has 19 heteroatoms. The van der Waals surface area contributed by atoms with Gasteiger partial charge in [-0.05, 0) is 19.1 Å². The predicted molar refractivity (Wildman–Crippen MR) is 176 cm³/mol. The fourth-order valence-corrected chi connectivity index (χ4v) is 7.01. The Morgan fingerprint density at radius 2 is 1.62 bits per heavy atom. The van der Waals surface area contributed by atoms with Gasteiger partial charge in [-0.1, -0.05) is 24.3 Å². The van der Waals surface area contributed by atoms with E-state index in [0.29, 0.717) is 0 Å². The Labute approximate surface area is 307 Å². The Balaban J connectivity index is 1.36. The smallest absolute Gasteiger partial charge is 0.471 e. The van der Waals surface area contributed by atoms with Crippen molar-refractivity contribution in [3.8, 4) is 11.5 Å². The summed E-state index contributed by atoms with van der Waals surface area (Å²) in [5.41, 5.74) is -4.40. The predicted octanol–water partition coefficient (Wildman–Crippen LogP) is 3.49. The van der Waals surface area contributed by atoms with Crippen LogP contribution in [0.3, 0.4) is 0 Å². The van der Waals surface area contributed by atoms with Gasteiger partial charge >= 0.3 is 24.0 Å². The first-order valence-electron chi connectivity index (χ1n) is 16.6. The molecule has 0 bridgehead atoms. The lowest BCUT2D eigenvalue weighted by atomic mass is 9.73. The molecule has 3 aromatic carbocycles. The van der Waals surface area contributed by atoms with Crippen LogP contribution in [0.4, 0.5) is 18.9 Å². The first kappa shape index (κ1) is 38.8. The molecular formula is C36H31F3N2O14. The molecule has 290 valence electrons. The van der Waals surface area contributed by atoms with Crippen molar-refractivity contribution < 1.29 is 76.3 Å². The number of hydrogen-bond donors (Lipinski definition) is 4. The fraction of sp³-hybridized carbons (Fsp3) is 0.361. The molecule has 0 radical (unpaired) electrons. The van der Waals surface area contributed by atoms with E-state index in [1.165, 1.54) is 31.2 Å². The zero-order chi connectivity index (χ0) is 40.1. The van der Waals surface area contributed by atoms with Gasteiger partial charge in [-0.15, -0.1) is 0 Å². The van der Waals surface area contributed by atoms with E-state index in [4.69, 9.17) is 18.9 Å². The molecule has 1 aliphatic heterocycles. The largest absolute Gasteiger partial charge is 0.507 e. The molecule has 16 nitrogen and oxygen atoms in total. The van der Waals surface area contributed by atoms with Crippen LogP contribution in [0.25, 0.3) is 0 Å². The number of nitrogens with one attached hydrogen (secondary N) is 1. The van der Waals surface area contributed by atoms with Crippen LogP contribution in [0.5, 0.6) is 11.5 Å². The van der Waals surface area contributed by atoms with Crippen LogP contribution < -0.4 is 5.32 Å². The summed E-state index contributed by atoms with van der Waals surface area (Å²) in [5, 5.41) is 47.6. The van der Waals surface area contributed by atoms with Crippen molar-refractivity contribution in [3.63, 3.8) is 0 Å². The number of benzene rings is 3. The first-order chi connectivity index (χ1) is 25.8. The van der Waals surface area contributed by atoms with Crippen LogP contribution in [0.1, 0.15) is 86.1 Å². The molecule has 2 aliphatic carbocycles. The van der Waals surface area contributed by atoms with Crippen LogP contribution in [0, 0.1) is 10.1 Å². The number of alkyl halides is 3. The van der Waals surface area contributed by atoms with E-state index in [-0.39, 0.29) is 33.5 Å². The zero-order valence-corrected chi connectivity index (χ0v) is 28.7. The Bertz CT molecular complexity index is 2120. The maximum Gasteiger partial charge on any atom is 0.471 e. The van der Waals surface area contributed by atoms with E-state index in [0.717, 1.165) is 31.2 Å². The summed E-state index contributed by atoms with van der Waals surface area (Å²) >= 11 is 0. The number of amides is 1. The number of esters is 2. The van der Waals surface area contributed by atoms with Crippen molar-refractivity contribution in [2.45, 2.75) is 75.5 Å². The number of carbonyl (C=O) groups excluding carboxylic acids is 5. The van der Waals surface area contributed by atoms with Gasteiger partial charge < -0.3 is 39.6 Å². The van der Waals surface area contributed by atoms with Crippen molar-refractivity contribution in [2.75, 3.05) is 6.61 Å². The normalized spacial score (nSPS) is 24.5. The number of halogens is 3.